The Bertz CT molecular complexity index is 768. The summed E-state index contributed by atoms with van der Waals surface area (Å²) in [5.41, 5.74) is 5.35. The van der Waals surface area contributed by atoms with Crippen LogP contribution in [0.25, 0.3) is 10.8 Å². The SMILES string of the molecule is Cc1ccccc1N(C)Cc1cccc2cccc(C)c12. The maximum atomic E-state index is 2.33. The molecule has 0 atom stereocenters. The summed E-state index contributed by atoms with van der Waals surface area (Å²) in [6, 6.07) is 21.7. The topological polar surface area (TPSA) is 3.24 Å². The van der Waals surface area contributed by atoms with E-state index < -0.39 is 0 Å². The Kier molecular flexibility index (Phi) is 3.66. The Hall–Kier alpha value is -2.28. The molecular formula is C20H21N. The third-order valence-corrected chi connectivity index (χ3v) is 4.13. The number of hydrogen-bond donors (Lipinski definition) is 0. The minimum atomic E-state index is 0.924. The standard InChI is InChI=1S/C20H21N/c1-15-8-4-5-13-19(15)21(3)14-18-12-7-11-17-10-6-9-16(2)20(17)18/h4-13H,14H2,1-3H3. The number of aryl methyl sites for hydroxylation is 2. The lowest BCUT2D eigenvalue weighted by atomic mass is 9.99. The van der Waals surface area contributed by atoms with Crippen LogP contribution in [0.4, 0.5) is 5.69 Å². The molecule has 0 bridgehead atoms. The van der Waals surface area contributed by atoms with Gasteiger partial charge in [0.1, 0.15) is 0 Å². The Morgan fingerprint density at radius 3 is 2.19 bits per heavy atom. The van der Waals surface area contributed by atoms with E-state index in [0.717, 1.165) is 6.54 Å². The minimum absolute atomic E-state index is 0.924. The lowest BCUT2D eigenvalue weighted by Gasteiger charge is -2.22. The van der Waals surface area contributed by atoms with E-state index >= 15 is 0 Å². The highest BCUT2D eigenvalue weighted by atomic mass is 15.1. The number of fused-ring (bicyclic) bond motifs is 1. The van der Waals surface area contributed by atoms with E-state index in [0.29, 0.717) is 0 Å². The van der Waals surface area contributed by atoms with Crippen LogP contribution in [0.1, 0.15) is 16.7 Å². The first-order valence-electron chi connectivity index (χ1n) is 7.41. The molecule has 0 fully saturated rings. The van der Waals surface area contributed by atoms with Crippen molar-refractivity contribution in [2.75, 3.05) is 11.9 Å². The third-order valence-electron chi connectivity index (χ3n) is 4.13. The zero-order valence-electron chi connectivity index (χ0n) is 12.9. The second kappa shape index (κ2) is 5.61. The average Bonchev–Trinajstić information content (AvgIpc) is 2.48. The van der Waals surface area contributed by atoms with Crippen LogP contribution < -0.4 is 4.90 Å². The maximum Gasteiger partial charge on any atom is 0.0432 e. The lowest BCUT2D eigenvalue weighted by molar-refractivity contribution is 0.924. The molecule has 0 heterocycles. The van der Waals surface area contributed by atoms with E-state index in [9.17, 15) is 0 Å². The molecule has 3 rings (SSSR count). The van der Waals surface area contributed by atoms with Crippen LogP contribution in [0.5, 0.6) is 0 Å². The Morgan fingerprint density at radius 1 is 0.762 bits per heavy atom. The lowest BCUT2D eigenvalue weighted by Crippen LogP contribution is -2.17. The predicted molar refractivity (Wildman–Crippen MR) is 92.0 cm³/mol. The van der Waals surface area contributed by atoms with Crippen LogP contribution in [0.15, 0.2) is 60.7 Å². The highest BCUT2D eigenvalue weighted by Gasteiger charge is 2.08. The van der Waals surface area contributed by atoms with Gasteiger partial charge in [-0.2, -0.15) is 0 Å². The molecule has 0 N–H and O–H groups in total. The number of hydrogen-bond acceptors (Lipinski definition) is 1. The second-order valence-corrected chi connectivity index (χ2v) is 5.73. The third kappa shape index (κ3) is 2.64. The van der Waals surface area contributed by atoms with E-state index in [1.54, 1.807) is 0 Å². The number of anilines is 1. The van der Waals surface area contributed by atoms with Crippen LogP contribution in [0, 0.1) is 13.8 Å². The average molecular weight is 275 g/mol. The van der Waals surface area contributed by atoms with Gasteiger partial charge in [-0.3, -0.25) is 0 Å². The summed E-state index contributed by atoms with van der Waals surface area (Å²) in [6.07, 6.45) is 0. The normalized spacial score (nSPS) is 10.8. The van der Waals surface area contributed by atoms with Gasteiger partial charge in [0.15, 0.2) is 0 Å². The summed E-state index contributed by atoms with van der Waals surface area (Å²) >= 11 is 0. The van der Waals surface area contributed by atoms with Gasteiger partial charge in [0, 0.05) is 19.3 Å². The van der Waals surface area contributed by atoms with Crippen molar-refractivity contribution < 1.29 is 0 Å². The van der Waals surface area contributed by atoms with Crippen molar-refractivity contribution in [2.24, 2.45) is 0 Å². The molecule has 21 heavy (non-hydrogen) atoms. The summed E-state index contributed by atoms with van der Waals surface area (Å²) in [5.74, 6) is 0. The highest BCUT2D eigenvalue weighted by Crippen LogP contribution is 2.26. The van der Waals surface area contributed by atoms with Gasteiger partial charge in [-0.05, 0) is 47.4 Å². The van der Waals surface area contributed by atoms with Gasteiger partial charge < -0.3 is 4.90 Å². The van der Waals surface area contributed by atoms with E-state index in [1.165, 1.54) is 33.2 Å². The summed E-state index contributed by atoms with van der Waals surface area (Å²) in [5, 5.41) is 2.71. The predicted octanol–water partition coefficient (Wildman–Crippen LogP) is 5.09. The van der Waals surface area contributed by atoms with E-state index in [1.807, 2.05) is 0 Å². The number of rotatable bonds is 3. The Labute approximate surface area is 126 Å². The fourth-order valence-corrected chi connectivity index (χ4v) is 3.08. The molecule has 0 unspecified atom stereocenters. The number of para-hydroxylation sites is 1. The second-order valence-electron chi connectivity index (χ2n) is 5.73. The molecule has 0 amide bonds. The molecule has 0 radical (unpaired) electrons. The molecule has 0 aliphatic heterocycles. The summed E-state index contributed by atoms with van der Waals surface area (Å²) in [6.45, 7) is 5.28. The van der Waals surface area contributed by atoms with Crippen LogP contribution >= 0.6 is 0 Å². The molecule has 3 aromatic rings. The van der Waals surface area contributed by atoms with Crippen LogP contribution in [-0.2, 0) is 6.54 Å². The molecule has 106 valence electrons. The highest BCUT2D eigenvalue weighted by molar-refractivity contribution is 5.88. The summed E-state index contributed by atoms with van der Waals surface area (Å²) < 4.78 is 0. The van der Waals surface area contributed by atoms with Crippen LogP contribution in [0.3, 0.4) is 0 Å². The minimum Gasteiger partial charge on any atom is -0.370 e. The van der Waals surface area contributed by atoms with E-state index in [2.05, 4.69) is 86.5 Å². The van der Waals surface area contributed by atoms with Crippen LogP contribution in [0.2, 0.25) is 0 Å². The first-order chi connectivity index (χ1) is 10.2. The van der Waals surface area contributed by atoms with Crippen molar-refractivity contribution in [1.29, 1.82) is 0 Å². The fraction of sp³-hybridized carbons (Fsp3) is 0.200. The zero-order chi connectivity index (χ0) is 14.8. The van der Waals surface area contributed by atoms with Crippen molar-refractivity contribution in [1.82, 2.24) is 0 Å². The first-order valence-corrected chi connectivity index (χ1v) is 7.41. The molecule has 0 saturated heterocycles. The smallest absolute Gasteiger partial charge is 0.0432 e. The van der Waals surface area contributed by atoms with Gasteiger partial charge in [0.25, 0.3) is 0 Å². The molecular weight excluding hydrogens is 254 g/mol. The first kappa shape index (κ1) is 13.7. The van der Waals surface area contributed by atoms with Gasteiger partial charge in [-0.1, -0.05) is 54.6 Å². The molecule has 1 nitrogen and oxygen atoms in total. The molecule has 0 spiro atoms. The van der Waals surface area contributed by atoms with Crippen molar-refractivity contribution >= 4 is 16.5 Å². The van der Waals surface area contributed by atoms with Crippen molar-refractivity contribution in [3.05, 3.63) is 77.4 Å². The fourth-order valence-electron chi connectivity index (χ4n) is 3.08. The summed E-state index contributed by atoms with van der Waals surface area (Å²) in [4.78, 5) is 2.33. The maximum absolute atomic E-state index is 2.33. The van der Waals surface area contributed by atoms with Gasteiger partial charge in [-0.15, -0.1) is 0 Å². The van der Waals surface area contributed by atoms with Gasteiger partial charge in [0.05, 0.1) is 0 Å². The van der Waals surface area contributed by atoms with Crippen molar-refractivity contribution in [3.63, 3.8) is 0 Å². The molecule has 0 saturated carbocycles. The molecule has 1 heteroatoms. The monoisotopic (exact) mass is 275 g/mol. The summed E-state index contributed by atoms with van der Waals surface area (Å²) in [7, 11) is 2.17. The quantitative estimate of drug-likeness (QED) is 0.643. The van der Waals surface area contributed by atoms with Gasteiger partial charge in [0.2, 0.25) is 0 Å². The van der Waals surface area contributed by atoms with E-state index in [4.69, 9.17) is 0 Å². The Morgan fingerprint density at radius 2 is 1.43 bits per heavy atom. The van der Waals surface area contributed by atoms with Crippen molar-refractivity contribution in [2.45, 2.75) is 20.4 Å². The largest absolute Gasteiger partial charge is 0.370 e. The van der Waals surface area contributed by atoms with E-state index in [-0.39, 0.29) is 0 Å². The number of benzene rings is 3. The van der Waals surface area contributed by atoms with Crippen molar-refractivity contribution in [3.8, 4) is 0 Å². The van der Waals surface area contributed by atoms with Gasteiger partial charge >= 0.3 is 0 Å². The molecule has 0 aliphatic rings. The number of nitrogens with zero attached hydrogens (tertiary/aromatic N) is 1. The van der Waals surface area contributed by atoms with Gasteiger partial charge in [-0.25, -0.2) is 0 Å². The molecule has 0 aromatic heterocycles. The molecule has 3 aromatic carbocycles. The van der Waals surface area contributed by atoms with Crippen LogP contribution in [-0.4, -0.2) is 7.05 Å². The molecule has 0 aliphatic carbocycles. The zero-order valence-corrected chi connectivity index (χ0v) is 12.9. The Balaban J connectivity index is 2.01.